The van der Waals surface area contributed by atoms with Gasteiger partial charge in [0.2, 0.25) is 5.91 Å². The van der Waals surface area contributed by atoms with E-state index in [1.807, 2.05) is 13.0 Å². The minimum Gasteiger partial charge on any atom is -0.478 e. The zero-order chi connectivity index (χ0) is 14.1. The second-order valence-electron chi connectivity index (χ2n) is 5.51. The number of carbonyl (C=O) groups is 2. The molecule has 0 aliphatic carbocycles. The molecule has 0 aliphatic heterocycles. The first-order chi connectivity index (χ1) is 8.12. The molecule has 0 aliphatic rings. The zero-order valence-electron chi connectivity index (χ0n) is 11.4. The average molecular weight is 249 g/mol. The maximum Gasteiger partial charge on any atom is 0.337 e. The van der Waals surface area contributed by atoms with Crippen molar-refractivity contribution in [3.63, 3.8) is 0 Å². The third-order valence-electron chi connectivity index (χ3n) is 2.63. The van der Waals surface area contributed by atoms with E-state index in [-0.39, 0.29) is 11.5 Å². The minimum atomic E-state index is -1.04. The molecule has 98 valence electrons. The van der Waals surface area contributed by atoms with Gasteiger partial charge in [-0.2, -0.15) is 0 Å². The van der Waals surface area contributed by atoms with Crippen molar-refractivity contribution in [3.05, 3.63) is 28.8 Å². The molecular formula is C14H19NO3. The van der Waals surface area contributed by atoms with Crippen molar-refractivity contribution < 1.29 is 14.7 Å². The van der Waals surface area contributed by atoms with E-state index in [2.05, 4.69) is 5.32 Å². The number of carbonyl (C=O) groups excluding carboxylic acids is 1. The summed E-state index contributed by atoms with van der Waals surface area (Å²) < 4.78 is 0. The van der Waals surface area contributed by atoms with Crippen LogP contribution in [0.5, 0.6) is 0 Å². The van der Waals surface area contributed by atoms with Gasteiger partial charge < -0.3 is 10.4 Å². The number of hydrogen-bond donors (Lipinski definition) is 2. The highest BCUT2D eigenvalue weighted by molar-refractivity contribution is 6.03. The number of aryl methyl sites for hydroxylation is 2. The molecule has 2 N–H and O–H groups in total. The Morgan fingerprint density at radius 1 is 1.17 bits per heavy atom. The highest BCUT2D eigenvalue weighted by Crippen LogP contribution is 2.25. The molecule has 0 bridgehead atoms. The number of hydrogen-bond acceptors (Lipinski definition) is 2. The first-order valence-electron chi connectivity index (χ1n) is 5.79. The Kier molecular flexibility index (Phi) is 3.79. The van der Waals surface area contributed by atoms with Crippen molar-refractivity contribution in [2.24, 2.45) is 5.41 Å². The lowest BCUT2D eigenvalue weighted by molar-refractivity contribution is -0.123. The number of carboxylic acid groups (broad SMARTS) is 1. The second-order valence-corrected chi connectivity index (χ2v) is 5.51. The van der Waals surface area contributed by atoms with E-state index < -0.39 is 11.4 Å². The molecule has 1 aromatic carbocycles. The molecule has 0 saturated carbocycles. The molecule has 0 fully saturated rings. The Hall–Kier alpha value is -1.84. The van der Waals surface area contributed by atoms with Crippen LogP contribution in [0.15, 0.2) is 12.1 Å². The summed E-state index contributed by atoms with van der Waals surface area (Å²) in [5.74, 6) is -1.23. The van der Waals surface area contributed by atoms with Gasteiger partial charge >= 0.3 is 5.97 Å². The van der Waals surface area contributed by atoms with Crippen molar-refractivity contribution >= 4 is 17.6 Å². The fourth-order valence-electron chi connectivity index (χ4n) is 1.60. The Morgan fingerprint density at radius 3 is 2.17 bits per heavy atom. The van der Waals surface area contributed by atoms with Gasteiger partial charge in [-0.25, -0.2) is 4.79 Å². The molecule has 1 amide bonds. The first kappa shape index (κ1) is 14.2. The monoisotopic (exact) mass is 249 g/mol. The number of carboxylic acids is 1. The number of anilines is 1. The molecule has 0 heterocycles. The van der Waals surface area contributed by atoms with Gasteiger partial charge in [-0.1, -0.05) is 26.8 Å². The Morgan fingerprint density at radius 2 is 1.72 bits per heavy atom. The molecule has 0 radical (unpaired) electrons. The third kappa shape index (κ3) is 3.09. The van der Waals surface area contributed by atoms with E-state index in [0.29, 0.717) is 5.69 Å². The number of rotatable bonds is 2. The Balaban J connectivity index is 3.24. The van der Waals surface area contributed by atoms with Gasteiger partial charge in [0.15, 0.2) is 0 Å². The number of aromatic carboxylic acids is 1. The van der Waals surface area contributed by atoms with Crippen LogP contribution in [0.25, 0.3) is 0 Å². The van der Waals surface area contributed by atoms with Crippen LogP contribution in [0.3, 0.4) is 0 Å². The summed E-state index contributed by atoms with van der Waals surface area (Å²) in [4.78, 5) is 23.1. The van der Waals surface area contributed by atoms with E-state index in [0.717, 1.165) is 11.1 Å². The fraction of sp³-hybridized carbons (Fsp3) is 0.429. The molecule has 0 spiro atoms. The lowest BCUT2D eigenvalue weighted by Crippen LogP contribution is -2.28. The van der Waals surface area contributed by atoms with Gasteiger partial charge in [0, 0.05) is 5.41 Å². The van der Waals surface area contributed by atoms with Crippen LogP contribution in [-0.2, 0) is 4.79 Å². The largest absolute Gasteiger partial charge is 0.478 e. The fourth-order valence-corrected chi connectivity index (χ4v) is 1.60. The summed E-state index contributed by atoms with van der Waals surface area (Å²) in [5, 5.41) is 11.9. The standard InChI is InChI=1S/C14H19NO3/c1-8-6-9(2)11(10(7-8)12(16)17)15-13(18)14(3,4)5/h6-7H,1-5H3,(H,15,18)(H,16,17). The van der Waals surface area contributed by atoms with Crippen LogP contribution >= 0.6 is 0 Å². The first-order valence-corrected chi connectivity index (χ1v) is 5.79. The van der Waals surface area contributed by atoms with Crippen LogP contribution < -0.4 is 5.32 Å². The predicted molar refractivity (Wildman–Crippen MR) is 71.0 cm³/mol. The van der Waals surface area contributed by atoms with Crippen LogP contribution in [0, 0.1) is 19.3 Å². The smallest absolute Gasteiger partial charge is 0.337 e. The van der Waals surface area contributed by atoms with E-state index >= 15 is 0 Å². The van der Waals surface area contributed by atoms with Gasteiger partial charge in [0.25, 0.3) is 0 Å². The molecule has 1 rings (SSSR count). The van der Waals surface area contributed by atoms with Crippen LogP contribution in [-0.4, -0.2) is 17.0 Å². The molecule has 1 aromatic rings. The highest BCUT2D eigenvalue weighted by Gasteiger charge is 2.24. The zero-order valence-corrected chi connectivity index (χ0v) is 11.4. The van der Waals surface area contributed by atoms with Gasteiger partial charge in [-0.15, -0.1) is 0 Å². The van der Waals surface area contributed by atoms with E-state index in [9.17, 15) is 14.7 Å². The topological polar surface area (TPSA) is 66.4 Å². The second kappa shape index (κ2) is 4.80. The van der Waals surface area contributed by atoms with Crippen LogP contribution in [0.1, 0.15) is 42.3 Å². The quantitative estimate of drug-likeness (QED) is 0.846. The summed E-state index contributed by atoms with van der Waals surface area (Å²) in [5.41, 5.74) is 1.56. The number of amides is 1. The van der Waals surface area contributed by atoms with Gasteiger partial charge in [0.05, 0.1) is 11.3 Å². The molecule has 4 heteroatoms. The molecule has 0 unspecified atom stereocenters. The van der Waals surface area contributed by atoms with E-state index in [1.54, 1.807) is 33.8 Å². The normalized spacial score (nSPS) is 11.2. The number of benzene rings is 1. The van der Waals surface area contributed by atoms with E-state index in [4.69, 9.17) is 0 Å². The van der Waals surface area contributed by atoms with Crippen molar-refractivity contribution in [2.45, 2.75) is 34.6 Å². The van der Waals surface area contributed by atoms with Crippen molar-refractivity contribution in [2.75, 3.05) is 5.32 Å². The average Bonchev–Trinajstić information content (AvgIpc) is 2.19. The summed E-state index contributed by atoms with van der Waals surface area (Å²) in [6.07, 6.45) is 0. The maximum atomic E-state index is 11.9. The number of nitrogens with one attached hydrogen (secondary N) is 1. The lowest BCUT2D eigenvalue weighted by atomic mass is 9.94. The summed E-state index contributed by atoms with van der Waals surface area (Å²) in [6, 6.07) is 3.42. The van der Waals surface area contributed by atoms with Gasteiger partial charge in [-0.05, 0) is 31.0 Å². The molecule has 4 nitrogen and oxygen atoms in total. The summed E-state index contributed by atoms with van der Waals surface area (Å²) in [6.45, 7) is 8.97. The minimum absolute atomic E-state index is 0.130. The lowest BCUT2D eigenvalue weighted by Gasteiger charge is -2.20. The van der Waals surface area contributed by atoms with Crippen molar-refractivity contribution in [1.29, 1.82) is 0 Å². The SMILES string of the molecule is Cc1cc(C)c(NC(=O)C(C)(C)C)c(C(=O)O)c1. The molecule has 0 atom stereocenters. The molecule has 18 heavy (non-hydrogen) atoms. The molecular weight excluding hydrogens is 230 g/mol. The van der Waals surface area contributed by atoms with Crippen LogP contribution in [0.2, 0.25) is 0 Å². The van der Waals surface area contributed by atoms with Crippen molar-refractivity contribution in [3.8, 4) is 0 Å². The molecule has 0 aromatic heterocycles. The predicted octanol–water partition coefficient (Wildman–Crippen LogP) is 2.99. The third-order valence-corrected chi connectivity index (χ3v) is 2.63. The Labute approximate surface area is 107 Å². The van der Waals surface area contributed by atoms with Gasteiger partial charge in [0.1, 0.15) is 0 Å². The Bertz CT molecular complexity index is 498. The highest BCUT2D eigenvalue weighted by atomic mass is 16.4. The summed E-state index contributed by atoms with van der Waals surface area (Å²) in [7, 11) is 0. The van der Waals surface area contributed by atoms with Gasteiger partial charge in [-0.3, -0.25) is 4.79 Å². The summed E-state index contributed by atoms with van der Waals surface area (Å²) >= 11 is 0. The maximum absolute atomic E-state index is 11.9. The van der Waals surface area contributed by atoms with E-state index in [1.165, 1.54) is 0 Å². The van der Waals surface area contributed by atoms with Crippen molar-refractivity contribution in [1.82, 2.24) is 0 Å². The molecule has 0 saturated heterocycles. The van der Waals surface area contributed by atoms with Crippen LogP contribution in [0.4, 0.5) is 5.69 Å².